The van der Waals surface area contributed by atoms with E-state index in [0.717, 1.165) is 33.4 Å². The summed E-state index contributed by atoms with van der Waals surface area (Å²) in [5.74, 6) is 1.80. The van der Waals surface area contributed by atoms with Crippen LogP contribution in [-0.2, 0) is 6.61 Å². The Bertz CT molecular complexity index is 1670. The average Bonchev–Trinajstić information content (AvgIpc) is 3.49. The van der Waals surface area contributed by atoms with Gasteiger partial charge in [-0.3, -0.25) is 0 Å². The van der Waals surface area contributed by atoms with Gasteiger partial charge in [0.1, 0.15) is 23.8 Å². The van der Waals surface area contributed by atoms with Crippen molar-refractivity contribution in [3.63, 3.8) is 0 Å². The van der Waals surface area contributed by atoms with Crippen molar-refractivity contribution in [2.24, 2.45) is 0 Å². The van der Waals surface area contributed by atoms with Crippen LogP contribution >= 0.6 is 23.2 Å². The van der Waals surface area contributed by atoms with E-state index in [-0.39, 0.29) is 18.6 Å². The predicted octanol–water partition coefficient (Wildman–Crippen LogP) is 9.61. The van der Waals surface area contributed by atoms with E-state index in [0.29, 0.717) is 32.8 Å². The number of hydrogen-bond acceptors (Lipinski definition) is 5. The van der Waals surface area contributed by atoms with E-state index in [1.165, 1.54) is 0 Å². The second-order valence-corrected chi connectivity index (χ2v) is 10.8. The SMILES string of the molecule is CC(C)c1onc(-c2c(Cl)cccc2Cl)c1COc1ccc(-c2ccc3c(OC(=O)O)cn(C(C)C)c3c2)cc1. The zero-order valence-corrected chi connectivity index (χ0v) is 24.0. The molecule has 5 aromatic rings. The third-order valence-electron chi connectivity index (χ3n) is 6.66. The highest BCUT2D eigenvalue weighted by Gasteiger charge is 2.24. The lowest BCUT2D eigenvalue weighted by atomic mass is 10.0. The first-order chi connectivity index (χ1) is 19.1. The summed E-state index contributed by atoms with van der Waals surface area (Å²) in [4.78, 5) is 11.1. The van der Waals surface area contributed by atoms with Gasteiger partial charge in [0.05, 0.1) is 21.1 Å². The fourth-order valence-corrected chi connectivity index (χ4v) is 5.31. The highest BCUT2D eigenvalue weighted by Crippen LogP contribution is 2.39. The Labute approximate surface area is 241 Å². The molecule has 5 rings (SSSR count). The molecule has 9 heteroatoms. The molecule has 0 radical (unpaired) electrons. The first-order valence-electron chi connectivity index (χ1n) is 12.9. The molecule has 7 nitrogen and oxygen atoms in total. The van der Waals surface area contributed by atoms with E-state index in [4.69, 9.17) is 42.3 Å². The lowest BCUT2D eigenvalue weighted by Crippen LogP contribution is -2.02. The summed E-state index contributed by atoms with van der Waals surface area (Å²) in [6, 6.07) is 19.1. The summed E-state index contributed by atoms with van der Waals surface area (Å²) in [7, 11) is 0. The highest BCUT2D eigenvalue weighted by atomic mass is 35.5. The van der Waals surface area contributed by atoms with Crippen LogP contribution in [0.4, 0.5) is 4.79 Å². The van der Waals surface area contributed by atoms with Crippen molar-refractivity contribution in [2.45, 2.75) is 46.3 Å². The third kappa shape index (κ3) is 5.40. The number of fused-ring (bicyclic) bond motifs is 1. The second-order valence-electron chi connectivity index (χ2n) is 10.0. The van der Waals surface area contributed by atoms with Gasteiger partial charge in [-0.25, -0.2) is 4.79 Å². The van der Waals surface area contributed by atoms with Crippen molar-refractivity contribution >= 4 is 40.3 Å². The molecule has 0 aliphatic rings. The standard InChI is InChI=1S/C31H28Cl2N2O5/c1-17(2)30-23(29(34-40-30)28-24(32)6-5-7-25(28)33)16-38-21-11-8-19(9-12-21)20-10-13-22-26(14-20)35(18(3)4)15-27(22)39-31(36)37/h5-15,17-18H,16H2,1-4H3,(H,36,37). The summed E-state index contributed by atoms with van der Waals surface area (Å²) in [5.41, 5.74) is 4.86. The van der Waals surface area contributed by atoms with Crippen LogP contribution in [0.25, 0.3) is 33.3 Å². The second kappa shape index (κ2) is 11.3. The zero-order chi connectivity index (χ0) is 28.6. The molecule has 2 aromatic heterocycles. The average molecular weight is 579 g/mol. The largest absolute Gasteiger partial charge is 0.511 e. The Kier molecular flexibility index (Phi) is 7.79. The summed E-state index contributed by atoms with van der Waals surface area (Å²) in [6.07, 6.45) is 0.390. The minimum atomic E-state index is -1.34. The van der Waals surface area contributed by atoms with Crippen molar-refractivity contribution in [3.8, 4) is 33.9 Å². The number of halogens is 2. The molecule has 0 aliphatic heterocycles. The molecule has 0 aliphatic carbocycles. The van der Waals surface area contributed by atoms with Gasteiger partial charge >= 0.3 is 6.16 Å². The smallest absolute Gasteiger partial charge is 0.489 e. The van der Waals surface area contributed by atoms with Crippen LogP contribution in [0.15, 0.2) is 71.4 Å². The number of rotatable bonds is 8. The van der Waals surface area contributed by atoms with Gasteiger partial charge in [0, 0.05) is 29.1 Å². The van der Waals surface area contributed by atoms with Gasteiger partial charge in [-0.15, -0.1) is 0 Å². The van der Waals surface area contributed by atoms with Gasteiger partial charge < -0.3 is 23.7 Å². The third-order valence-corrected chi connectivity index (χ3v) is 7.29. The first-order valence-corrected chi connectivity index (χ1v) is 13.6. The van der Waals surface area contributed by atoms with Crippen LogP contribution < -0.4 is 9.47 Å². The molecule has 3 aromatic carbocycles. The van der Waals surface area contributed by atoms with Crippen LogP contribution in [0.2, 0.25) is 10.0 Å². The maximum absolute atomic E-state index is 11.1. The van der Waals surface area contributed by atoms with Crippen LogP contribution in [0, 0.1) is 0 Å². The quantitative estimate of drug-likeness (QED) is 0.184. The van der Waals surface area contributed by atoms with Gasteiger partial charge in [-0.05, 0) is 61.4 Å². The summed E-state index contributed by atoms with van der Waals surface area (Å²) < 4.78 is 18.9. The molecule has 0 saturated carbocycles. The maximum atomic E-state index is 11.1. The monoisotopic (exact) mass is 578 g/mol. The summed E-state index contributed by atoms with van der Waals surface area (Å²) in [6.45, 7) is 8.36. The molecule has 0 bridgehead atoms. The fourth-order valence-electron chi connectivity index (χ4n) is 4.74. The van der Waals surface area contributed by atoms with Crippen LogP contribution in [0.5, 0.6) is 11.5 Å². The Morgan fingerprint density at radius 2 is 1.68 bits per heavy atom. The zero-order valence-electron chi connectivity index (χ0n) is 22.4. The highest BCUT2D eigenvalue weighted by molar-refractivity contribution is 6.39. The van der Waals surface area contributed by atoms with E-state index >= 15 is 0 Å². The molecule has 0 spiro atoms. The number of carbonyl (C=O) groups is 1. The van der Waals surface area contributed by atoms with Crippen molar-refractivity contribution in [2.75, 3.05) is 0 Å². The van der Waals surface area contributed by atoms with Gasteiger partial charge in [0.2, 0.25) is 0 Å². The number of carboxylic acid groups (broad SMARTS) is 1. The number of ether oxygens (including phenoxy) is 2. The minimum absolute atomic E-state index is 0.0876. The van der Waals surface area contributed by atoms with E-state index < -0.39 is 6.16 Å². The van der Waals surface area contributed by atoms with E-state index in [2.05, 4.69) is 5.16 Å². The molecule has 40 heavy (non-hydrogen) atoms. The van der Waals surface area contributed by atoms with E-state index in [9.17, 15) is 4.79 Å². The molecule has 0 amide bonds. The lowest BCUT2D eigenvalue weighted by molar-refractivity contribution is 0.145. The number of benzene rings is 3. The Balaban J connectivity index is 1.41. The molecule has 1 N–H and O–H groups in total. The molecule has 0 saturated heterocycles. The Morgan fingerprint density at radius 3 is 2.30 bits per heavy atom. The molecule has 0 atom stereocenters. The summed E-state index contributed by atoms with van der Waals surface area (Å²) >= 11 is 12.9. The van der Waals surface area contributed by atoms with E-state index in [1.807, 2.05) is 74.7 Å². The Morgan fingerprint density at radius 1 is 1.00 bits per heavy atom. The van der Waals surface area contributed by atoms with Gasteiger partial charge in [0.25, 0.3) is 0 Å². The number of hydrogen-bond donors (Lipinski definition) is 1. The van der Waals surface area contributed by atoms with Gasteiger partial charge in [-0.2, -0.15) is 0 Å². The first kappa shape index (κ1) is 27.6. The number of aromatic nitrogens is 2. The lowest BCUT2D eigenvalue weighted by Gasteiger charge is -2.12. The maximum Gasteiger partial charge on any atom is 0.511 e. The topological polar surface area (TPSA) is 86.7 Å². The fraction of sp³-hybridized carbons (Fsp3) is 0.226. The van der Waals surface area contributed by atoms with Gasteiger partial charge in [0.15, 0.2) is 5.75 Å². The van der Waals surface area contributed by atoms with Crippen molar-refractivity contribution in [3.05, 3.63) is 88.2 Å². The summed E-state index contributed by atoms with van der Waals surface area (Å²) in [5, 5.41) is 15.1. The Hall–Kier alpha value is -3.94. The van der Waals surface area contributed by atoms with Crippen LogP contribution in [0.3, 0.4) is 0 Å². The van der Waals surface area contributed by atoms with Crippen molar-refractivity contribution in [1.82, 2.24) is 9.72 Å². The van der Waals surface area contributed by atoms with Crippen molar-refractivity contribution in [1.29, 1.82) is 0 Å². The van der Waals surface area contributed by atoms with Gasteiger partial charge in [-0.1, -0.05) is 66.5 Å². The predicted molar refractivity (Wildman–Crippen MR) is 157 cm³/mol. The normalized spacial score (nSPS) is 11.5. The van der Waals surface area contributed by atoms with Crippen LogP contribution in [-0.4, -0.2) is 21.0 Å². The molecule has 206 valence electrons. The molecule has 2 heterocycles. The van der Waals surface area contributed by atoms with E-state index in [1.54, 1.807) is 24.4 Å². The van der Waals surface area contributed by atoms with Crippen LogP contribution in [0.1, 0.15) is 51.0 Å². The molecular weight excluding hydrogens is 551 g/mol. The molecule has 0 fully saturated rings. The number of nitrogens with zero attached hydrogens (tertiary/aromatic N) is 2. The minimum Gasteiger partial charge on any atom is -0.489 e. The molecular formula is C31H28Cl2N2O5. The molecule has 0 unspecified atom stereocenters. The van der Waals surface area contributed by atoms with Crippen molar-refractivity contribution < 1.29 is 23.9 Å².